The van der Waals surface area contributed by atoms with Crippen molar-refractivity contribution in [3.8, 4) is 0 Å². The van der Waals surface area contributed by atoms with E-state index in [9.17, 15) is 19.2 Å². The van der Waals surface area contributed by atoms with Gasteiger partial charge in [0, 0.05) is 0 Å². The molecule has 0 aliphatic rings. The molecule has 3 aromatic heterocycles. The van der Waals surface area contributed by atoms with E-state index in [0.29, 0.717) is 0 Å². The number of carboxylic acid groups (broad SMARTS) is 4. The summed E-state index contributed by atoms with van der Waals surface area (Å²) < 4.78 is 0. The summed E-state index contributed by atoms with van der Waals surface area (Å²) in [6.07, 6.45) is 0. The van der Waals surface area contributed by atoms with Gasteiger partial charge in [-0.25, -0.2) is 29.1 Å². The number of hydrogen-bond acceptors (Lipinski definition) is 8. The van der Waals surface area contributed by atoms with Crippen LogP contribution in [0.15, 0.2) is 36.4 Å². The zero-order valence-electron chi connectivity index (χ0n) is 19.7. The second kappa shape index (κ2) is 15.2. The minimum Gasteiger partial charge on any atom is -0.477 e. The molecule has 0 aromatic carbocycles. The monoisotopic (exact) mass is 506 g/mol. The lowest BCUT2D eigenvalue weighted by atomic mass is 10.3. The average molecular weight is 506 g/mol. The van der Waals surface area contributed by atoms with Crippen molar-refractivity contribution in [3.05, 3.63) is 81.9 Å². The SMILES string of the molecule is Cc1nc(C)c(C)nc1C.O.O.O=C(O)c1cccc(C(=O)O)n1.O=C(O)c1cccc(C(=O)O)n1. The number of aryl methyl sites for hydroxylation is 4. The Morgan fingerprint density at radius 2 is 0.667 bits per heavy atom. The van der Waals surface area contributed by atoms with Crippen LogP contribution in [0.3, 0.4) is 0 Å². The molecular formula is C22H26N4O10. The fraction of sp³-hybridized carbons (Fsp3) is 0.182. The number of hydrogen-bond donors (Lipinski definition) is 4. The first-order valence-electron chi connectivity index (χ1n) is 9.49. The summed E-state index contributed by atoms with van der Waals surface area (Å²) in [5, 5.41) is 33.7. The normalized spacial score (nSPS) is 9.00. The highest BCUT2D eigenvalue weighted by molar-refractivity contribution is 5.90. The fourth-order valence-corrected chi connectivity index (χ4v) is 2.17. The van der Waals surface area contributed by atoms with Gasteiger partial charge in [0.15, 0.2) is 0 Å². The molecule has 8 N–H and O–H groups in total. The van der Waals surface area contributed by atoms with Crippen LogP contribution in [0.5, 0.6) is 0 Å². The molecule has 194 valence electrons. The molecular weight excluding hydrogens is 480 g/mol. The number of aromatic nitrogens is 4. The van der Waals surface area contributed by atoms with Crippen LogP contribution in [0.25, 0.3) is 0 Å². The first-order valence-corrected chi connectivity index (χ1v) is 9.49. The quantitative estimate of drug-likeness (QED) is 0.386. The summed E-state index contributed by atoms with van der Waals surface area (Å²) in [5.41, 5.74) is 3.05. The van der Waals surface area contributed by atoms with Gasteiger partial charge in [0.05, 0.1) is 22.8 Å². The summed E-state index contributed by atoms with van der Waals surface area (Å²) in [6, 6.07) is 7.59. The molecule has 3 aromatic rings. The molecule has 14 heteroatoms. The van der Waals surface area contributed by atoms with E-state index in [1.165, 1.54) is 36.4 Å². The van der Waals surface area contributed by atoms with E-state index in [0.717, 1.165) is 22.8 Å². The Bertz CT molecular complexity index is 1050. The highest BCUT2D eigenvalue weighted by atomic mass is 16.4. The maximum Gasteiger partial charge on any atom is 0.354 e. The van der Waals surface area contributed by atoms with Gasteiger partial charge in [-0.15, -0.1) is 0 Å². The molecule has 36 heavy (non-hydrogen) atoms. The third kappa shape index (κ3) is 10.4. The molecule has 0 bridgehead atoms. The van der Waals surface area contributed by atoms with Gasteiger partial charge in [0.1, 0.15) is 22.8 Å². The summed E-state index contributed by atoms with van der Waals surface area (Å²) in [6.45, 7) is 7.92. The van der Waals surface area contributed by atoms with Gasteiger partial charge in [0.25, 0.3) is 0 Å². The number of rotatable bonds is 4. The highest BCUT2D eigenvalue weighted by Gasteiger charge is 2.09. The zero-order chi connectivity index (χ0) is 26.0. The van der Waals surface area contributed by atoms with Crippen LogP contribution in [0, 0.1) is 27.7 Å². The number of carbonyl (C=O) groups is 4. The molecule has 0 aliphatic carbocycles. The Morgan fingerprint density at radius 1 is 0.472 bits per heavy atom. The summed E-state index contributed by atoms with van der Waals surface area (Å²) >= 11 is 0. The molecule has 0 fully saturated rings. The number of nitrogens with zero attached hydrogens (tertiary/aromatic N) is 4. The van der Waals surface area contributed by atoms with Crippen molar-refractivity contribution in [2.75, 3.05) is 0 Å². The van der Waals surface area contributed by atoms with Crippen molar-refractivity contribution in [1.29, 1.82) is 0 Å². The number of pyridine rings is 2. The Morgan fingerprint density at radius 3 is 0.833 bits per heavy atom. The van der Waals surface area contributed by atoms with Gasteiger partial charge < -0.3 is 31.4 Å². The van der Waals surface area contributed by atoms with E-state index < -0.39 is 23.9 Å². The van der Waals surface area contributed by atoms with Crippen molar-refractivity contribution >= 4 is 23.9 Å². The summed E-state index contributed by atoms with van der Waals surface area (Å²) in [5.74, 6) is -4.95. The van der Waals surface area contributed by atoms with Gasteiger partial charge in [0.2, 0.25) is 0 Å². The third-order valence-corrected chi connectivity index (χ3v) is 4.09. The molecule has 14 nitrogen and oxygen atoms in total. The Kier molecular flexibility index (Phi) is 14.0. The maximum absolute atomic E-state index is 10.3. The summed E-state index contributed by atoms with van der Waals surface area (Å²) in [7, 11) is 0. The van der Waals surface area contributed by atoms with E-state index >= 15 is 0 Å². The van der Waals surface area contributed by atoms with Crippen molar-refractivity contribution in [2.24, 2.45) is 0 Å². The van der Waals surface area contributed by atoms with Crippen molar-refractivity contribution in [1.82, 2.24) is 19.9 Å². The number of carboxylic acids is 4. The lowest BCUT2D eigenvalue weighted by Gasteiger charge is -2.01. The van der Waals surface area contributed by atoms with Crippen LogP contribution < -0.4 is 0 Å². The topological polar surface area (TPSA) is 264 Å². The van der Waals surface area contributed by atoms with Crippen LogP contribution >= 0.6 is 0 Å². The van der Waals surface area contributed by atoms with Crippen LogP contribution in [0.2, 0.25) is 0 Å². The molecule has 0 unspecified atom stereocenters. The lowest BCUT2D eigenvalue weighted by molar-refractivity contribution is 0.0664. The van der Waals surface area contributed by atoms with Crippen LogP contribution in [0.1, 0.15) is 64.7 Å². The zero-order valence-corrected chi connectivity index (χ0v) is 19.7. The molecule has 3 heterocycles. The van der Waals surface area contributed by atoms with E-state index in [2.05, 4.69) is 19.9 Å². The van der Waals surface area contributed by atoms with Gasteiger partial charge in [-0.2, -0.15) is 0 Å². The molecule has 3 rings (SSSR count). The van der Waals surface area contributed by atoms with Crippen LogP contribution in [-0.4, -0.2) is 75.2 Å². The van der Waals surface area contributed by atoms with Gasteiger partial charge in [-0.05, 0) is 52.0 Å². The summed E-state index contributed by atoms with van der Waals surface area (Å²) in [4.78, 5) is 56.6. The predicted octanol–water partition coefficient (Wildman–Crippen LogP) is 1.02. The molecule has 0 atom stereocenters. The molecule has 0 aliphatic heterocycles. The van der Waals surface area contributed by atoms with E-state index in [1.807, 2.05) is 27.7 Å². The number of aromatic carboxylic acids is 4. The smallest absolute Gasteiger partial charge is 0.354 e. The highest BCUT2D eigenvalue weighted by Crippen LogP contribution is 2.04. The van der Waals surface area contributed by atoms with Crippen molar-refractivity contribution in [3.63, 3.8) is 0 Å². The predicted molar refractivity (Wildman–Crippen MR) is 125 cm³/mol. The standard InChI is InChI=1S/C8H12N2.2C7H5NO4.2H2O/c1-5-6(2)10-8(4)7(3)9-5;2*9-6(10)4-2-1-3-5(8-4)7(11)12;;/h1-4H3;2*1-3H,(H,9,10)(H,11,12);2*1H2. The average Bonchev–Trinajstić information content (AvgIpc) is 2.78. The van der Waals surface area contributed by atoms with E-state index in [4.69, 9.17) is 20.4 Å². The van der Waals surface area contributed by atoms with Gasteiger partial charge in [-0.1, -0.05) is 12.1 Å². The van der Waals surface area contributed by atoms with Crippen LogP contribution in [0.4, 0.5) is 0 Å². The van der Waals surface area contributed by atoms with E-state index in [-0.39, 0.29) is 33.7 Å². The fourth-order valence-electron chi connectivity index (χ4n) is 2.17. The lowest BCUT2D eigenvalue weighted by Crippen LogP contribution is -2.06. The minimum atomic E-state index is -1.24. The largest absolute Gasteiger partial charge is 0.477 e. The van der Waals surface area contributed by atoms with E-state index in [1.54, 1.807) is 0 Å². The second-order valence-electron chi connectivity index (χ2n) is 6.60. The second-order valence-corrected chi connectivity index (χ2v) is 6.60. The first kappa shape index (κ1) is 33.4. The van der Waals surface area contributed by atoms with Gasteiger partial charge in [-0.3, -0.25) is 9.97 Å². The Hall–Kier alpha value is -4.82. The molecule has 0 radical (unpaired) electrons. The Labute approximate surface area is 204 Å². The minimum absolute atomic E-state index is 0. The first-order chi connectivity index (χ1) is 15.8. The van der Waals surface area contributed by atoms with Crippen LogP contribution in [-0.2, 0) is 0 Å². The molecule has 0 saturated heterocycles. The molecule has 0 amide bonds. The maximum atomic E-state index is 10.3. The van der Waals surface area contributed by atoms with Crippen molar-refractivity contribution < 1.29 is 50.6 Å². The molecule has 0 saturated carbocycles. The third-order valence-electron chi connectivity index (χ3n) is 4.09. The molecule has 0 spiro atoms. The van der Waals surface area contributed by atoms with Crippen molar-refractivity contribution in [2.45, 2.75) is 27.7 Å². The Balaban J connectivity index is 0. The van der Waals surface area contributed by atoms with Gasteiger partial charge >= 0.3 is 23.9 Å².